The Balaban J connectivity index is 1.77. The van der Waals surface area contributed by atoms with Gasteiger partial charge in [0.25, 0.3) is 0 Å². The van der Waals surface area contributed by atoms with Crippen LogP contribution in [0.2, 0.25) is 0 Å². The van der Waals surface area contributed by atoms with Crippen LogP contribution in [0.1, 0.15) is 39.0 Å². The second-order valence-electron chi connectivity index (χ2n) is 3.85. The van der Waals surface area contributed by atoms with E-state index in [1.54, 1.807) is 0 Å². The molecule has 1 nitrogen and oxygen atoms in total. The van der Waals surface area contributed by atoms with Crippen molar-refractivity contribution in [2.24, 2.45) is 5.92 Å². The van der Waals surface area contributed by atoms with E-state index in [0.717, 1.165) is 18.0 Å². The van der Waals surface area contributed by atoms with Crippen LogP contribution in [0.5, 0.6) is 0 Å². The third-order valence-electron chi connectivity index (χ3n) is 2.97. The number of rotatable bonds is 2. The predicted octanol–water partition coefficient (Wildman–Crippen LogP) is 1.93. The maximum absolute atomic E-state index is 3.52. The van der Waals surface area contributed by atoms with E-state index in [-0.39, 0.29) is 0 Å². The van der Waals surface area contributed by atoms with Gasteiger partial charge in [-0.1, -0.05) is 19.8 Å². The van der Waals surface area contributed by atoms with Crippen LogP contribution in [0.3, 0.4) is 0 Å². The summed E-state index contributed by atoms with van der Waals surface area (Å²) in [6.45, 7) is 2.30. The van der Waals surface area contributed by atoms with Gasteiger partial charge in [-0.05, 0) is 25.2 Å². The fraction of sp³-hybridized carbons (Fsp3) is 1.00. The van der Waals surface area contributed by atoms with E-state index in [0.29, 0.717) is 0 Å². The van der Waals surface area contributed by atoms with Gasteiger partial charge in [-0.3, -0.25) is 0 Å². The van der Waals surface area contributed by atoms with Gasteiger partial charge in [-0.15, -0.1) is 0 Å². The van der Waals surface area contributed by atoms with Crippen LogP contribution in [0.25, 0.3) is 0 Å². The number of nitrogens with one attached hydrogen (secondary N) is 1. The lowest BCUT2D eigenvalue weighted by atomic mass is 9.86. The molecule has 1 heterocycles. The average Bonchev–Trinajstić information content (AvgIpc) is 2.66. The fourth-order valence-corrected chi connectivity index (χ4v) is 2.30. The van der Waals surface area contributed by atoms with Crippen molar-refractivity contribution in [2.75, 3.05) is 0 Å². The molecule has 0 bridgehead atoms. The summed E-state index contributed by atoms with van der Waals surface area (Å²) in [5.41, 5.74) is 0. The third kappa shape index (κ3) is 1.20. The molecule has 2 fully saturated rings. The van der Waals surface area contributed by atoms with Gasteiger partial charge in [-0.25, -0.2) is 0 Å². The van der Waals surface area contributed by atoms with Crippen LogP contribution in [-0.4, -0.2) is 12.1 Å². The standard InChI is InChI=1S/C9H17N/c1-2-3-7-4-5-8-9(6-7)10-8/h7-10H,2-6H2,1H3/t7?,8?,9-/m1/s1. The Morgan fingerprint density at radius 3 is 2.90 bits per heavy atom. The lowest BCUT2D eigenvalue weighted by Crippen LogP contribution is -2.12. The minimum absolute atomic E-state index is 0.935. The van der Waals surface area contributed by atoms with E-state index >= 15 is 0 Å². The Morgan fingerprint density at radius 1 is 1.30 bits per heavy atom. The monoisotopic (exact) mass is 139 g/mol. The minimum atomic E-state index is 0.935. The molecule has 1 aliphatic carbocycles. The van der Waals surface area contributed by atoms with Gasteiger partial charge in [0.05, 0.1) is 0 Å². The summed E-state index contributed by atoms with van der Waals surface area (Å²) in [6, 6.07) is 1.87. The quantitative estimate of drug-likeness (QED) is 0.580. The molecule has 0 aromatic rings. The summed E-state index contributed by atoms with van der Waals surface area (Å²) in [5, 5.41) is 3.52. The van der Waals surface area contributed by atoms with Gasteiger partial charge in [0, 0.05) is 12.1 Å². The van der Waals surface area contributed by atoms with Crippen LogP contribution in [0.4, 0.5) is 0 Å². The Kier molecular flexibility index (Phi) is 1.69. The summed E-state index contributed by atoms with van der Waals surface area (Å²) in [6.07, 6.45) is 7.25. The highest BCUT2D eigenvalue weighted by Gasteiger charge is 2.40. The SMILES string of the molecule is CCCC1CCC2N[C@@H]2C1. The largest absolute Gasteiger partial charge is 0.308 e. The van der Waals surface area contributed by atoms with E-state index in [2.05, 4.69) is 12.2 Å². The topological polar surface area (TPSA) is 21.9 Å². The van der Waals surface area contributed by atoms with E-state index < -0.39 is 0 Å². The lowest BCUT2D eigenvalue weighted by molar-refractivity contribution is 0.370. The Hall–Kier alpha value is -0.0400. The summed E-state index contributed by atoms with van der Waals surface area (Å²) in [5.74, 6) is 1.06. The van der Waals surface area contributed by atoms with Crippen LogP contribution in [0.15, 0.2) is 0 Å². The van der Waals surface area contributed by atoms with E-state index in [9.17, 15) is 0 Å². The maximum Gasteiger partial charge on any atom is 0.0227 e. The molecule has 0 aromatic carbocycles. The summed E-state index contributed by atoms with van der Waals surface area (Å²) in [7, 11) is 0. The molecule has 0 spiro atoms. The van der Waals surface area contributed by atoms with Crippen molar-refractivity contribution in [3.8, 4) is 0 Å². The third-order valence-corrected chi connectivity index (χ3v) is 2.97. The molecule has 1 saturated carbocycles. The molecule has 0 aromatic heterocycles. The Labute approximate surface area is 63.2 Å². The van der Waals surface area contributed by atoms with Crippen LogP contribution < -0.4 is 5.32 Å². The zero-order chi connectivity index (χ0) is 6.97. The van der Waals surface area contributed by atoms with Crippen LogP contribution in [0, 0.1) is 5.92 Å². The van der Waals surface area contributed by atoms with Gasteiger partial charge in [-0.2, -0.15) is 0 Å². The summed E-state index contributed by atoms with van der Waals surface area (Å²) in [4.78, 5) is 0. The van der Waals surface area contributed by atoms with Crippen molar-refractivity contribution in [2.45, 2.75) is 51.1 Å². The lowest BCUT2D eigenvalue weighted by Gasteiger charge is -2.18. The molecule has 3 atom stereocenters. The van der Waals surface area contributed by atoms with Crippen molar-refractivity contribution in [3.63, 3.8) is 0 Å². The molecular formula is C9H17N. The second-order valence-corrected chi connectivity index (χ2v) is 3.85. The van der Waals surface area contributed by atoms with Crippen molar-refractivity contribution in [1.29, 1.82) is 0 Å². The second kappa shape index (κ2) is 2.54. The minimum Gasteiger partial charge on any atom is -0.308 e. The van der Waals surface area contributed by atoms with Crippen molar-refractivity contribution >= 4 is 0 Å². The maximum atomic E-state index is 3.52. The highest BCUT2D eigenvalue weighted by Crippen LogP contribution is 2.34. The Bertz CT molecular complexity index is 122. The van der Waals surface area contributed by atoms with E-state index in [1.165, 1.54) is 32.1 Å². The molecule has 2 unspecified atom stereocenters. The molecule has 1 heteroatoms. The molecule has 0 radical (unpaired) electrons. The van der Waals surface area contributed by atoms with Crippen LogP contribution >= 0.6 is 0 Å². The number of hydrogen-bond acceptors (Lipinski definition) is 1. The average molecular weight is 139 g/mol. The first kappa shape index (κ1) is 6.66. The molecular weight excluding hydrogens is 122 g/mol. The van der Waals surface area contributed by atoms with Gasteiger partial charge >= 0.3 is 0 Å². The molecule has 1 N–H and O–H groups in total. The predicted molar refractivity (Wildman–Crippen MR) is 43.0 cm³/mol. The van der Waals surface area contributed by atoms with E-state index in [1.807, 2.05) is 0 Å². The molecule has 1 aliphatic heterocycles. The summed E-state index contributed by atoms with van der Waals surface area (Å²) >= 11 is 0. The normalized spacial score (nSPS) is 44.7. The highest BCUT2D eigenvalue weighted by atomic mass is 15.1. The molecule has 2 rings (SSSR count). The van der Waals surface area contributed by atoms with Crippen LogP contribution in [-0.2, 0) is 0 Å². The first-order valence-corrected chi connectivity index (χ1v) is 4.66. The number of hydrogen-bond donors (Lipinski definition) is 1. The molecule has 1 saturated heterocycles. The first-order chi connectivity index (χ1) is 4.90. The van der Waals surface area contributed by atoms with Gasteiger partial charge in [0.1, 0.15) is 0 Å². The first-order valence-electron chi connectivity index (χ1n) is 4.66. The van der Waals surface area contributed by atoms with Crippen molar-refractivity contribution in [3.05, 3.63) is 0 Å². The summed E-state index contributed by atoms with van der Waals surface area (Å²) < 4.78 is 0. The smallest absolute Gasteiger partial charge is 0.0227 e. The number of fused-ring (bicyclic) bond motifs is 1. The molecule has 0 amide bonds. The van der Waals surface area contributed by atoms with Gasteiger partial charge in [0.2, 0.25) is 0 Å². The van der Waals surface area contributed by atoms with Gasteiger partial charge < -0.3 is 5.32 Å². The zero-order valence-electron chi connectivity index (χ0n) is 6.77. The van der Waals surface area contributed by atoms with Crippen molar-refractivity contribution < 1.29 is 0 Å². The van der Waals surface area contributed by atoms with E-state index in [4.69, 9.17) is 0 Å². The van der Waals surface area contributed by atoms with Crippen molar-refractivity contribution in [1.82, 2.24) is 5.32 Å². The highest BCUT2D eigenvalue weighted by molar-refractivity contribution is 5.02. The van der Waals surface area contributed by atoms with Gasteiger partial charge in [0.15, 0.2) is 0 Å². The molecule has 10 heavy (non-hydrogen) atoms. The fourth-order valence-electron chi connectivity index (χ4n) is 2.30. The molecule has 2 aliphatic rings. The Morgan fingerprint density at radius 2 is 2.20 bits per heavy atom. The molecule has 58 valence electrons. The zero-order valence-corrected chi connectivity index (χ0v) is 6.77.